The fourth-order valence-electron chi connectivity index (χ4n) is 6.45. The number of hydrogen-bond donors (Lipinski definition) is 0. The number of piperidine rings is 3. The average Bonchev–Trinajstić information content (AvgIpc) is 3.25. The Bertz CT molecular complexity index is 869. The first-order valence-electron chi connectivity index (χ1n) is 11.5. The highest BCUT2D eigenvalue weighted by molar-refractivity contribution is 5.79. The molecule has 6 rings (SSSR count). The van der Waals surface area contributed by atoms with Crippen LogP contribution in [0.5, 0.6) is 17.2 Å². The molecule has 5 aliphatic rings. The molecule has 30 heavy (non-hydrogen) atoms. The minimum Gasteiger partial charge on any atom is -0.484 e. The number of amides is 1. The molecular weight excluding hydrogens is 380 g/mol. The highest BCUT2D eigenvalue weighted by Crippen LogP contribution is 2.45. The summed E-state index contributed by atoms with van der Waals surface area (Å²) in [6, 6.07) is 6.49. The van der Waals surface area contributed by atoms with Gasteiger partial charge in [0, 0.05) is 25.2 Å². The van der Waals surface area contributed by atoms with E-state index in [0.717, 1.165) is 37.7 Å². The van der Waals surface area contributed by atoms with E-state index in [0.29, 0.717) is 23.3 Å². The predicted molar refractivity (Wildman–Crippen MR) is 112 cm³/mol. The van der Waals surface area contributed by atoms with E-state index in [-0.39, 0.29) is 25.3 Å². The van der Waals surface area contributed by atoms with Crippen molar-refractivity contribution in [3.05, 3.63) is 29.8 Å². The normalized spacial score (nSPS) is 32.1. The van der Waals surface area contributed by atoms with Crippen LogP contribution in [0.15, 0.2) is 29.8 Å². The van der Waals surface area contributed by atoms with Gasteiger partial charge in [0.1, 0.15) is 5.75 Å². The molecule has 0 aromatic heterocycles. The third-order valence-electron chi connectivity index (χ3n) is 7.68. The van der Waals surface area contributed by atoms with Crippen LogP contribution < -0.4 is 14.2 Å². The van der Waals surface area contributed by atoms with Gasteiger partial charge in [-0.3, -0.25) is 9.69 Å². The van der Waals surface area contributed by atoms with E-state index in [1.54, 1.807) is 6.07 Å². The molecule has 0 spiro atoms. The zero-order valence-electron chi connectivity index (χ0n) is 17.4. The van der Waals surface area contributed by atoms with Crippen LogP contribution in [0.25, 0.3) is 0 Å². The molecule has 3 saturated heterocycles. The predicted octanol–water partition coefficient (Wildman–Crippen LogP) is 3.22. The Balaban J connectivity index is 1.17. The van der Waals surface area contributed by atoms with Gasteiger partial charge < -0.3 is 19.1 Å². The molecule has 0 saturated carbocycles. The van der Waals surface area contributed by atoms with Crippen LogP contribution in [-0.2, 0) is 4.79 Å². The quantitative estimate of drug-likeness (QED) is 0.717. The minimum absolute atomic E-state index is 0.0753. The average molecular weight is 411 g/mol. The molecular formula is C24H30N2O4. The molecule has 3 unspecified atom stereocenters. The molecule has 3 fully saturated rings. The van der Waals surface area contributed by atoms with Crippen molar-refractivity contribution in [2.45, 2.75) is 50.6 Å². The summed E-state index contributed by atoms with van der Waals surface area (Å²) in [6.45, 7) is 3.54. The maximum Gasteiger partial charge on any atom is 0.261 e. The van der Waals surface area contributed by atoms with Crippen LogP contribution in [-0.4, -0.2) is 60.8 Å². The second kappa shape index (κ2) is 7.49. The van der Waals surface area contributed by atoms with Gasteiger partial charge in [0.25, 0.3) is 5.91 Å². The van der Waals surface area contributed by atoms with Gasteiger partial charge in [0.05, 0.1) is 6.04 Å². The second-order valence-corrected chi connectivity index (χ2v) is 9.40. The first-order chi connectivity index (χ1) is 14.8. The maximum absolute atomic E-state index is 13.2. The van der Waals surface area contributed by atoms with E-state index < -0.39 is 0 Å². The highest BCUT2D eigenvalue weighted by atomic mass is 16.7. The first-order valence-corrected chi connectivity index (χ1v) is 11.5. The Kier molecular flexibility index (Phi) is 4.63. The van der Waals surface area contributed by atoms with Gasteiger partial charge >= 0.3 is 0 Å². The van der Waals surface area contributed by atoms with Crippen molar-refractivity contribution in [1.29, 1.82) is 0 Å². The number of rotatable bonds is 3. The first kappa shape index (κ1) is 18.6. The number of benzene rings is 1. The molecule has 1 aromatic carbocycles. The summed E-state index contributed by atoms with van der Waals surface area (Å²) >= 11 is 0. The zero-order valence-corrected chi connectivity index (χ0v) is 17.4. The van der Waals surface area contributed by atoms with Gasteiger partial charge in [-0.1, -0.05) is 18.1 Å². The van der Waals surface area contributed by atoms with Crippen LogP contribution in [0.3, 0.4) is 0 Å². The van der Waals surface area contributed by atoms with E-state index >= 15 is 0 Å². The molecule has 6 heteroatoms. The molecule has 0 radical (unpaired) electrons. The molecule has 6 nitrogen and oxygen atoms in total. The number of carbonyl (C=O) groups is 1. The van der Waals surface area contributed by atoms with E-state index in [4.69, 9.17) is 14.2 Å². The zero-order chi connectivity index (χ0) is 20.1. The second-order valence-electron chi connectivity index (χ2n) is 9.40. The third-order valence-corrected chi connectivity index (χ3v) is 7.68. The van der Waals surface area contributed by atoms with Crippen LogP contribution in [0.4, 0.5) is 0 Å². The molecule has 4 atom stereocenters. The van der Waals surface area contributed by atoms with E-state index in [1.165, 1.54) is 37.8 Å². The van der Waals surface area contributed by atoms with Crippen molar-refractivity contribution in [3.8, 4) is 17.2 Å². The Morgan fingerprint density at radius 1 is 1.13 bits per heavy atom. The van der Waals surface area contributed by atoms with Crippen LogP contribution >= 0.6 is 0 Å². The Labute approximate surface area is 177 Å². The minimum atomic E-state index is 0.0753. The standard InChI is InChI=1S/C24H30N2O4/c27-23(14-28-19-6-7-21-22(12-19)30-15-29-21)26-9-3-4-16-10-17-11-18(24(16)26)13-25-8-2-1-5-20(17)25/h6-7,10,12,17-18,20,24H,1-5,8-9,11,13-15H2/t17-,18?,20?,24?/m0/s1. The lowest BCUT2D eigenvalue weighted by Gasteiger charge is -2.54. The summed E-state index contributed by atoms with van der Waals surface area (Å²) in [6.07, 6.45) is 10.0. The molecule has 160 valence electrons. The number of fused-ring (bicyclic) bond motifs is 7. The number of hydrogen-bond acceptors (Lipinski definition) is 5. The van der Waals surface area contributed by atoms with Crippen LogP contribution in [0, 0.1) is 11.8 Å². The molecule has 4 aliphatic heterocycles. The van der Waals surface area contributed by atoms with Gasteiger partial charge in [-0.05, 0) is 62.6 Å². The van der Waals surface area contributed by atoms with E-state index in [1.807, 2.05) is 12.1 Å². The lowest BCUT2D eigenvalue weighted by molar-refractivity contribution is -0.138. The van der Waals surface area contributed by atoms with Gasteiger partial charge in [0.15, 0.2) is 18.1 Å². The lowest BCUT2D eigenvalue weighted by Crippen LogP contribution is -2.60. The maximum atomic E-state index is 13.2. The van der Waals surface area contributed by atoms with E-state index in [9.17, 15) is 4.79 Å². The topological polar surface area (TPSA) is 51.2 Å². The number of likely N-dealkylation sites (tertiary alicyclic amines) is 1. The van der Waals surface area contributed by atoms with Gasteiger partial charge in [-0.15, -0.1) is 0 Å². The fraction of sp³-hybridized carbons (Fsp3) is 0.625. The van der Waals surface area contributed by atoms with Gasteiger partial charge in [-0.25, -0.2) is 0 Å². The van der Waals surface area contributed by atoms with Crippen LogP contribution in [0.1, 0.15) is 38.5 Å². The van der Waals surface area contributed by atoms with Crippen molar-refractivity contribution >= 4 is 5.91 Å². The number of nitrogens with zero attached hydrogens (tertiary/aromatic N) is 2. The SMILES string of the molecule is O=C(COc1ccc2c(c1)OCO2)N1CCCC2=C[C@H]3CC(CN4CCCCC34)C21. The van der Waals surface area contributed by atoms with Crippen molar-refractivity contribution in [3.63, 3.8) is 0 Å². The Morgan fingerprint density at radius 3 is 3.03 bits per heavy atom. The molecule has 1 aliphatic carbocycles. The van der Waals surface area contributed by atoms with Crippen LogP contribution in [0.2, 0.25) is 0 Å². The summed E-state index contributed by atoms with van der Waals surface area (Å²) in [5, 5.41) is 0. The van der Waals surface area contributed by atoms with Crippen molar-refractivity contribution < 1.29 is 19.0 Å². The molecule has 1 aromatic rings. The Hall–Kier alpha value is -2.21. The summed E-state index contributed by atoms with van der Waals surface area (Å²) in [4.78, 5) is 18.0. The smallest absolute Gasteiger partial charge is 0.261 e. The fourth-order valence-corrected chi connectivity index (χ4v) is 6.45. The number of carbonyl (C=O) groups excluding carboxylic acids is 1. The third kappa shape index (κ3) is 3.16. The van der Waals surface area contributed by atoms with Crippen molar-refractivity contribution in [1.82, 2.24) is 9.80 Å². The van der Waals surface area contributed by atoms with Crippen molar-refractivity contribution in [2.24, 2.45) is 11.8 Å². The van der Waals surface area contributed by atoms with E-state index in [2.05, 4.69) is 15.9 Å². The molecule has 4 heterocycles. The molecule has 0 N–H and O–H groups in total. The summed E-state index contributed by atoms with van der Waals surface area (Å²) < 4.78 is 16.6. The number of ether oxygens (including phenoxy) is 3. The largest absolute Gasteiger partial charge is 0.484 e. The Morgan fingerprint density at radius 2 is 2.07 bits per heavy atom. The van der Waals surface area contributed by atoms with Crippen molar-refractivity contribution in [2.75, 3.05) is 33.0 Å². The van der Waals surface area contributed by atoms with Gasteiger partial charge in [-0.2, -0.15) is 0 Å². The summed E-state index contributed by atoms with van der Waals surface area (Å²) in [5.74, 6) is 3.42. The molecule has 1 amide bonds. The lowest BCUT2D eigenvalue weighted by atomic mass is 9.68. The summed E-state index contributed by atoms with van der Waals surface area (Å²) in [7, 11) is 0. The monoisotopic (exact) mass is 410 g/mol. The summed E-state index contributed by atoms with van der Waals surface area (Å²) in [5.41, 5.74) is 1.52. The van der Waals surface area contributed by atoms with Gasteiger partial charge in [0.2, 0.25) is 6.79 Å². The highest BCUT2D eigenvalue weighted by Gasteiger charge is 2.46. The molecule has 2 bridgehead atoms.